The standard InChI is InChI=1S/C17H24N2O/c20-17-15-4-2-1-3-14(15)11-16(17)19-9-7-18(8-10-19)12-13-5-6-13/h1-4,13,16-17,20H,5-12H2. The highest BCUT2D eigenvalue weighted by Crippen LogP contribution is 2.35. The molecule has 2 aliphatic carbocycles. The Hall–Kier alpha value is -0.900. The molecule has 4 rings (SSSR count). The summed E-state index contributed by atoms with van der Waals surface area (Å²) in [6.45, 7) is 5.89. The lowest BCUT2D eigenvalue weighted by atomic mass is 10.1. The summed E-state index contributed by atoms with van der Waals surface area (Å²) < 4.78 is 0. The van der Waals surface area contributed by atoms with E-state index >= 15 is 0 Å². The Morgan fingerprint density at radius 2 is 1.80 bits per heavy atom. The van der Waals surface area contributed by atoms with Crippen LogP contribution < -0.4 is 0 Å². The average molecular weight is 272 g/mol. The third-order valence-corrected chi connectivity index (χ3v) is 5.26. The zero-order valence-electron chi connectivity index (χ0n) is 12.0. The van der Waals surface area contributed by atoms with E-state index in [-0.39, 0.29) is 6.10 Å². The number of benzene rings is 1. The van der Waals surface area contributed by atoms with Gasteiger partial charge in [0.1, 0.15) is 0 Å². The highest BCUT2D eigenvalue weighted by molar-refractivity contribution is 5.35. The van der Waals surface area contributed by atoms with Crippen molar-refractivity contribution in [1.29, 1.82) is 0 Å². The summed E-state index contributed by atoms with van der Waals surface area (Å²) in [5.41, 5.74) is 2.49. The van der Waals surface area contributed by atoms with Crippen molar-refractivity contribution < 1.29 is 5.11 Å². The second-order valence-corrected chi connectivity index (χ2v) is 6.70. The van der Waals surface area contributed by atoms with Gasteiger partial charge in [-0.3, -0.25) is 4.90 Å². The molecule has 1 aromatic rings. The fraction of sp³-hybridized carbons (Fsp3) is 0.647. The minimum atomic E-state index is -0.291. The fourth-order valence-corrected chi connectivity index (χ4v) is 3.82. The molecule has 0 spiro atoms. The van der Waals surface area contributed by atoms with Crippen LogP contribution in [0, 0.1) is 5.92 Å². The highest BCUT2D eigenvalue weighted by atomic mass is 16.3. The van der Waals surface area contributed by atoms with E-state index in [0.717, 1.165) is 31.0 Å². The smallest absolute Gasteiger partial charge is 0.0951 e. The van der Waals surface area contributed by atoms with Gasteiger partial charge in [-0.1, -0.05) is 24.3 Å². The van der Waals surface area contributed by atoms with Crippen LogP contribution in [-0.4, -0.2) is 53.7 Å². The molecule has 2 unspecified atom stereocenters. The summed E-state index contributed by atoms with van der Waals surface area (Å²) >= 11 is 0. The Morgan fingerprint density at radius 3 is 2.50 bits per heavy atom. The number of aliphatic hydroxyl groups excluding tert-OH is 1. The van der Waals surface area contributed by atoms with Gasteiger partial charge >= 0.3 is 0 Å². The van der Waals surface area contributed by atoms with Gasteiger partial charge in [-0.05, 0) is 36.3 Å². The molecular weight excluding hydrogens is 248 g/mol. The summed E-state index contributed by atoms with van der Waals surface area (Å²) in [6.07, 6.45) is 3.61. The Morgan fingerprint density at radius 1 is 1.05 bits per heavy atom. The fourth-order valence-electron chi connectivity index (χ4n) is 3.82. The molecule has 1 aliphatic heterocycles. The molecule has 1 N–H and O–H groups in total. The van der Waals surface area contributed by atoms with E-state index in [1.807, 2.05) is 6.07 Å². The molecule has 3 aliphatic rings. The van der Waals surface area contributed by atoms with Crippen LogP contribution in [0.1, 0.15) is 30.1 Å². The first-order valence-corrected chi connectivity index (χ1v) is 8.03. The van der Waals surface area contributed by atoms with Gasteiger partial charge in [0.15, 0.2) is 0 Å². The Bertz CT molecular complexity index is 478. The molecule has 1 saturated heterocycles. The topological polar surface area (TPSA) is 26.7 Å². The van der Waals surface area contributed by atoms with Gasteiger partial charge < -0.3 is 10.0 Å². The lowest BCUT2D eigenvalue weighted by Gasteiger charge is -2.39. The molecule has 0 bridgehead atoms. The van der Waals surface area contributed by atoms with Crippen molar-refractivity contribution in [2.75, 3.05) is 32.7 Å². The van der Waals surface area contributed by atoms with Crippen molar-refractivity contribution in [1.82, 2.24) is 9.80 Å². The predicted octanol–water partition coefficient (Wildman–Crippen LogP) is 1.67. The van der Waals surface area contributed by atoms with E-state index in [1.54, 1.807) is 0 Å². The minimum absolute atomic E-state index is 0.291. The summed E-state index contributed by atoms with van der Waals surface area (Å²) in [5, 5.41) is 10.6. The zero-order valence-corrected chi connectivity index (χ0v) is 12.0. The predicted molar refractivity (Wildman–Crippen MR) is 79.6 cm³/mol. The lowest BCUT2D eigenvalue weighted by Crippen LogP contribution is -2.51. The van der Waals surface area contributed by atoms with Gasteiger partial charge in [0.05, 0.1) is 6.10 Å². The number of hydrogen-bond donors (Lipinski definition) is 1. The number of nitrogens with zero attached hydrogens (tertiary/aromatic N) is 2. The van der Waals surface area contributed by atoms with Crippen LogP contribution in [0.5, 0.6) is 0 Å². The second kappa shape index (κ2) is 5.14. The maximum Gasteiger partial charge on any atom is 0.0951 e. The molecular formula is C17H24N2O. The van der Waals surface area contributed by atoms with Crippen LogP contribution in [-0.2, 0) is 6.42 Å². The highest BCUT2D eigenvalue weighted by Gasteiger charge is 2.36. The molecule has 1 saturated carbocycles. The summed E-state index contributed by atoms with van der Waals surface area (Å²) in [5.74, 6) is 0.989. The maximum absolute atomic E-state index is 10.6. The van der Waals surface area contributed by atoms with Gasteiger partial charge in [0, 0.05) is 38.8 Å². The molecule has 2 fully saturated rings. The number of rotatable bonds is 3. The van der Waals surface area contributed by atoms with Crippen LogP contribution in [0.25, 0.3) is 0 Å². The van der Waals surface area contributed by atoms with Crippen molar-refractivity contribution in [3.63, 3.8) is 0 Å². The van der Waals surface area contributed by atoms with E-state index in [4.69, 9.17) is 0 Å². The van der Waals surface area contributed by atoms with Crippen molar-refractivity contribution >= 4 is 0 Å². The molecule has 0 radical (unpaired) electrons. The van der Waals surface area contributed by atoms with Crippen LogP contribution in [0.2, 0.25) is 0 Å². The molecule has 0 aromatic heterocycles. The Labute approximate surface area is 121 Å². The van der Waals surface area contributed by atoms with Crippen LogP contribution in [0.15, 0.2) is 24.3 Å². The first kappa shape index (κ1) is 12.8. The zero-order chi connectivity index (χ0) is 13.5. The number of piperazine rings is 1. The molecule has 2 atom stereocenters. The Balaban J connectivity index is 1.38. The van der Waals surface area contributed by atoms with Crippen LogP contribution in [0.4, 0.5) is 0 Å². The molecule has 1 aromatic carbocycles. The van der Waals surface area contributed by atoms with E-state index in [2.05, 4.69) is 28.0 Å². The van der Waals surface area contributed by atoms with Crippen molar-refractivity contribution in [3.05, 3.63) is 35.4 Å². The summed E-state index contributed by atoms with van der Waals surface area (Å²) in [4.78, 5) is 5.12. The van der Waals surface area contributed by atoms with Crippen molar-refractivity contribution in [2.45, 2.75) is 31.4 Å². The second-order valence-electron chi connectivity index (χ2n) is 6.70. The van der Waals surface area contributed by atoms with Gasteiger partial charge in [0.2, 0.25) is 0 Å². The number of fused-ring (bicyclic) bond motifs is 1. The van der Waals surface area contributed by atoms with E-state index < -0.39 is 0 Å². The van der Waals surface area contributed by atoms with E-state index in [0.29, 0.717) is 6.04 Å². The van der Waals surface area contributed by atoms with Crippen LogP contribution in [0.3, 0.4) is 0 Å². The SMILES string of the molecule is OC1c2ccccc2CC1N1CCN(CC2CC2)CC1. The summed E-state index contributed by atoms with van der Waals surface area (Å²) in [6, 6.07) is 8.68. The van der Waals surface area contributed by atoms with Gasteiger partial charge in [-0.2, -0.15) is 0 Å². The van der Waals surface area contributed by atoms with Gasteiger partial charge in [0.25, 0.3) is 0 Å². The Kier molecular flexibility index (Phi) is 3.29. The first-order valence-electron chi connectivity index (χ1n) is 8.03. The molecule has 108 valence electrons. The molecule has 1 heterocycles. The van der Waals surface area contributed by atoms with Gasteiger partial charge in [-0.15, -0.1) is 0 Å². The largest absolute Gasteiger partial charge is 0.387 e. The number of hydrogen-bond acceptors (Lipinski definition) is 3. The third kappa shape index (κ3) is 2.39. The molecule has 3 nitrogen and oxygen atoms in total. The average Bonchev–Trinajstić information content (AvgIpc) is 3.23. The first-order chi connectivity index (χ1) is 9.81. The van der Waals surface area contributed by atoms with Gasteiger partial charge in [-0.25, -0.2) is 0 Å². The quantitative estimate of drug-likeness (QED) is 0.907. The maximum atomic E-state index is 10.6. The summed E-state index contributed by atoms with van der Waals surface area (Å²) in [7, 11) is 0. The third-order valence-electron chi connectivity index (χ3n) is 5.26. The number of aliphatic hydroxyl groups is 1. The molecule has 3 heteroatoms. The molecule has 0 amide bonds. The normalized spacial score (nSPS) is 31.4. The van der Waals surface area contributed by atoms with Crippen molar-refractivity contribution in [3.8, 4) is 0 Å². The van der Waals surface area contributed by atoms with Crippen molar-refractivity contribution in [2.24, 2.45) is 5.92 Å². The van der Waals surface area contributed by atoms with Crippen LogP contribution >= 0.6 is 0 Å². The van der Waals surface area contributed by atoms with E-state index in [9.17, 15) is 5.11 Å². The monoisotopic (exact) mass is 272 g/mol. The minimum Gasteiger partial charge on any atom is -0.387 e. The lowest BCUT2D eigenvalue weighted by molar-refractivity contribution is 0.0266. The van der Waals surface area contributed by atoms with E-state index in [1.165, 1.54) is 38.0 Å². The molecule has 20 heavy (non-hydrogen) atoms.